The van der Waals surface area contributed by atoms with Crippen LogP contribution in [0.4, 0.5) is 0 Å². The van der Waals surface area contributed by atoms with Crippen LogP contribution in [0.1, 0.15) is 15.9 Å². The molecular formula is C15H10BrNO4. The molecule has 2 rings (SSSR count). The topological polar surface area (TPSA) is 69.4 Å². The summed E-state index contributed by atoms with van der Waals surface area (Å²) < 4.78 is 5.91. The van der Waals surface area contributed by atoms with E-state index >= 15 is 0 Å². The number of hydrogen-bond acceptors (Lipinski definition) is 4. The van der Waals surface area contributed by atoms with Gasteiger partial charge in [-0.3, -0.25) is 10.1 Å². The zero-order chi connectivity index (χ0) is 15.2. The summed E-state index contributed by atoms with van der Waals surface area (Å²) in [6.07, 6.45) is 2.15. The van der Waals surface area contributed by atoms with Gasteiger partial charge in [0, 0.05) is 10.5 Å². The van der Waals surface area contributed by atoms with E-state index in [9.17, 15) is 14.9 Å². The normalized spacial score (nSPS) is 10.5. The van der Waals surface area contributed by atoms with Gasteiger partial charge in [-0.25, -0.2) is 4.79 Å². The van der Waals surface area contributed by atoms with Crippen molar-refractivity contribution in [3.05, 3.63) is 80.4 Å². The third kappa shape index (κ3) is 4.25. The highest BCUT2D eigenvalue weighted by Gasteiger charge is 2.09. The van der Waals surface area contributed by atoms with Crippen LogP contribution in [0.2, 0.25) is 0 Å². The van der Waals surface area contributed by atoms with Crippen LogP contribution in [0.25, 0.3) is 6.08 Å². The van der Waals surface area contributed by atoms with Crippen molar-refractivity contribution in [1.29, 1.82) is 0 Å². The molecule has 0 aromatic heterocycles. The fraction of sp³-hybridized carbons (Fsp3) is 0. The van der Waals surface area contributed by atoms with E-state index in [4.69, 9.17) is 4.74 Å². The Morgan fingerprint density at radius 3 is 2.57 bits per heavy atom. The zero-order valence-electron chi connectivity index (χ0n) is 10.7. The van der Waals surface area contributed by atoms with E-state index in [2.05, 4.69) is 15.9 Å². The lowest BCUT2D eigenvalue weighted by molar-refractivity contribution is -0.400. The second kappa shape index (κ2) is 6.81. The van der Waals surface area contributed by atoms with Crippen LogP contribution >= 0.6 is 15.9 Å². The molecule has 0 atom stereocenters. The summed E-state index contributed by atoms with van der Waals surface area (Å²) in [6, 6.07) is 13.4. The number of halogens is 1. The molecule has 6 heteroatoms. The fourth-order valence-corrected chi connectivity index (χ4v) is 1.97. The van der Waals surface area contributed by atoms with Crippen LogP contribution in [0.15, 0.2) is 59.2 Å². The van der Waals surface area contributed by atoms with Crippen molar-refractivity contribution in [3.8, 4) is 5.75 Å². The molecule has 0 aliphatic heterocycles. The van der Waals surface area contributed by atoms with Gasteiger partial charge in [-0.05, 0) is 35.9 Å². The fourth-order valence-electron chi connectivity index (χ4n) is 1.59. The van der Waals surface area contributed by atoms with Crippen LogP contribution in [0.5, 0.6) is 5.75 Å². The van der Waals surface area contributed by atoms with Crippen molar-refractivity contribution in [2.24, 2.45) is 0 Å². The minimum absolute atomic E-state index is 0.315. The molecule has 2 aromatic carbocycles. The third-order valence-electron chi connectivity index (χ3n) is 2.56. The minimum atomic E-state index is -0.560. The van der Waals surface area contributed by atoms with Gasteiger partial charge < -0.3 is 4.74 Å². The second-order valence-corrected chi connectivity index (χ2v) is 4.89. The van der Waals surface area contributed by atoms with Crippen LogP contribution in [0, 0.1) is 10.1 Å². The number of nitro groups is 1. The van der Waals surface area contributed by atoms with Crippen molar-refractivity contribution in [3.63, 3.8) is 0 Å². The lowest BCUT2D eigenvalue weighted by Gasteiger charge is -2.06. The lowest BCUT2D eigenvalue weighted by atomic mass is 10.2. The Morgan fingerprint density at radius 1 is 1.19 bits per heavy atom. The van der Waals surface area contributed by atoms with Crippen molar-refractivity contribution in [2.45, 2.75) is 0 Å². The Kier molecular flexibility index (Phi) is 4.84. The summed E-state index contributed by atoms with van der Waals surface area (Å²) in [4.78, 5) is 21.7. The standard InChI is InChI=1S/C15H10BrNO4/c16-14-7-6-13(10-12(14)8-9-17(19)20)21-15(18)11-4-2-1-3-5-11/h1-10H/b9-8+. The molecule has 0 aliphatic rings. The maximum atomic E-state index is 11.9. The number of carbonyl (C=O) groups is 1. The summed E-state index contributed by atoms with van der Waals surface area (Å²) in [5, 5.41) is 10.3. The molecule has 0 radical (unpaired) electrons. The Morgan fingerprint density at radius 2 is 1.90 bits per heavy atom. The third-order valence-corrected chi connectivity index (χ3v) is 3.29. The predicted octanol–water partition coefficient (Wildman–Crippen LogP) is 3.92. The quantitative estimate of drug-likeness (QED) is 0.364. The van der Waals surface area contributed by atoms with Gasteiger partial charge in [0.15, 0.2) is 0 Å². The van der Waals surface area contributed by atoms with Crippen molar-refractivity contribution in [1.82, 2.24) is 0 Å². The van der Waals surface area contributed by atoms with Gasteiger partial charge in [0.25, 0.3) is 0 Å². The molecule has 0 bridgehead atoms. The Hall–Kier alpha value is -2.47. The molecule has 0 aliphatic carbocycles. The Labute approximate surface area is 129 Å². The van der Waals surface area contributed by atoms with Gasteiger partial charge >= 0.3 is 5.97 Å². The molecule has 0 saturated carbocycles. The van der Waals surface area contributed by atoms with Gasteiger partial charge in [-0.2, -0.15) is 0 Å². The van der Waals surface area contributed by atoms with Crippen molar-refractivity contribution < 1.29 is 14.5 Å². The first kappa shape index (κ1) is 14.9. The molecule has 0 saturated heterocycles. The van der Waals surface area contributed by atoms with Gasteiger partial charge in [-0.15, -0.1) is 0 Å². The van der Waals surface area contributed by atoms with E-state index < -0.39 is 10.9 Å². The molecule has 0 N–H and O–H groups in total. The highest BCUT2D eigenvalue weighted by atomic mass is 79.9. The maximum Gasteiger partial charge on any atom is 0.343 e. The highest BCUT2D eigenvalue weighted by molar-refractivity contribution is 9.10. The van der Waals surface area contributed by atoms with E-state index in [1.807, 2.05) is 0 Å². The molecule has 21 heavy (non-hydrogen) atoms. The molecule has 0 spiro atoms. The molecular weight excluding hydrogens is 338 g/mol. The zero-order valence-corrected chi connectivity index (χ0v) is 12.3. The monoisotopic (exact) mass is 347 g/mol. The number of benzene rings is 2. The molecule has 5 nitrogen and oxygen atoms in total. The van der Waals surface area contributed by atoms with Crippen LogP contribution in [0.3, 0.4) is 0 Å². The molecule has 0 unspecified atom stereocenters. The molecule has 0 fully saturated rings. The van der Waals surface area contributed by atoms with E-state index in [0.29, 0.717) is 21.3 Å². The lowest BCUT2D eigenvalue weighted by Crippen LogP contribution is -2.08. The number of ether oxygens (including phenoxy) is 1. The van der Waals surface area contributed by atoms with Gasteiger partial charge in [0.2, 0.25) is 6.20 Å². The molecule has 0 amide bonds. The smallest absolute Gasteiger partial charge is 0.343 e. The Bertz CT molecular complexity index is 698. The maximum absolute atomic E-state index is 11.9. The summed E-state index contributed by atoms with van der Waals surface area (Å²) in [5.74, 6) is -0.169. The number of carbonyl (C=O) groups excluding carboxylic acids is 1. The number of hydrogen-bond donors (Lipinski definition) is 0. The number of nitrogens with zero attached hydrogens (tertiary/aromatic N) is 1. The van der Waals surface area contributed by atoms with E-state index in [1.165, 1.54) is 6.08 Å². The average molecular weight is 348 g/mol. The van der Waals surface area contributed by atoms with Gasteiger partial charge in [0.1, 0.15) is 5.75 Å². The second-order valence-electron chi connectivity index (χ2n) is 4.04. The SMILES string of the molecule is O=C(Oc1ccc(Br)c(/C=C/[N+](=O)[O-])c1)c1ccccc1. The molecule has 106 valence electrons. The van der Waals surface area contributed by atoms with Gasteiger partial charge in [0.05, 0.1) is 10.5 Å². The van der Waals surface area contributed by atoms with Crippen LogP contribution in [-0.4, -0.2) is 10.9 Å². The minimum Gasteiger partial charge on any atom is -0.423 e. The first-order valence-corrected chi connectivity index (χ1v) is 6.74. The summed E-state index contributed by atoms with van der Waals surface area (Å²) in [6.45, 7) is 0. The first-order valence-electron chi connectivity index (χ1n) is 5.95. The molecule has 2 aromatic rings. The Balaban J connectivity index is 2.19. The summed E-state index contributed by atoms with van der Waals surface area (Å²) in [7, 11) is 0. The van der Waals surface area contributed by atoms with Crippen LogP contribution < -0.4 is 4.74 Å². The average Bonchev–Trinajstić information content (AvgIpc) is 2.48. The van der Waals surface area contributed by atoms with E-state index in [-0.39, 0.29) is 0 Å². The summed E-state index contributed by atoms with van der Waals surface area (Å²) >= 11 is 3.28. The van der Waals surface area contributed by atoms with E-state index in [0.717, 1.165) is 6.20 Å². The largest absolute Gasteiger partial charge is 0.423 e. The highest BCUT2D eigenvalue weighted by Crippen LogP contribution is 2.24. The first-order chi connectivity index (χ1) is 10.1. The predicted molar refractivity (Wildman–Crippen MR) is 81.6 cm³/mol. The van der Waals surface area contributed by atoms with Crippen molar-refractivity contribution in [2.75, 3.05) is 0 Å². The van der Waals surface area contributed by atoms with Crippen LogP contribution in [-0.2, 0) is 0 Å². The van der Waals surface area contributed by atoms with Crippen molar-refractivity contribution >= 4 is 28.0 Å². The van der Waals surface area contributed by atoms with E-state index in [1.54, 1.807) is 48.5 Å². The number of esters is 1. The summed E-state index contributed by atoms with van der Waals surface area (Å²) in [5.41, 5.74) is 0.980. The van der Waals surface area contributed by atoms with Gasteiger partial charge in [-0.1, -0.05) is 34.1 Å². The molecule has 0 heterocycles. The number of rotatable bonds is 4.